The molecule has 31 heavy (non-hydrogen) atoms. The Balaban J connectivity index is 1.52. The number of carbonyl (C=O) groups excluding carboxylic acids is 2. The van der Waals surface area contributed by atoms with Gasteiger partial charge in [0.15, 0.2) is 0 Å². The molecule has 1 heterocycles. The molecule has 5 nitrogen and oxygen atoms in total. The van der Waals surface area contributed by atoms with Crippen molar-refractivity contribution in [3.8, 4) is 5.75 Å². The van der Waals surface area contributed by atoms with Crippen LogP contribution >= 0.6 is 23.2 Å². The Morgan fingerprint density at radius 3 is 2.29 bits per heavy atom. The van der Waals surface area contributed by atoms with Crippen molar-refractivity contribution < 1.29 is 27.9 Å². The molecule has 0 radical (unpaired) electrons. The maximum Gasteiger partial charge on any atom is 0.416 e. The lowest BCUT2D eigenvalue weighted by atomic mass is 10.0. The number of nitrogens with zero attached hydrogens (tertiary/aromatic N) is 1. The molecule has 0 atom stereocenters. The van der Waals surface area contributed by atoms with Crippen molar-refractivity contribution in [2.24, 2.45) is 0 Å². The highest BCUT2D eigenvalue weighted by atomic mass is 35.5. The van der Waals surface area contributed by atoms with Crippen LogP contribution < -0.4 is 5.32 Å². The molecule has 0 saturated carbocycles. The van der Waals surface area contributed by atoms with Crippen molar-refractivity contribution in [1.29, 1.82) is 0 Å². The van der Waals surface area contributed by atoms with Crippen LogP contribution in [0.1, 0.15) is 34.3 Å². The van der Waals surface area contributed by atoms with Crippen LogP contribution in [0.5, 0.6) is 5.75 Å². The molecule has 2 amide bonds. The van der Waals surface area contributed by atoms with Gasteiger partial charge in [0.25, 0.3) is 5.91 Å². The molecule has 0 aromatic heterocycles. The van der Waals surface area contributed by atoms with Crippen molar-refractivity contribution in [2.45, 2.75) is 31.5 Å². The third kappa shape index (κ3) is 5.83. The quantitative estimate of drug-likeness (QED) is 0.675. The summed E-state index contributed by atoms with van der Waals surface area (Å²) in [7, 11) is 0. The summed E-state index contributed by atoms with van der Waals surface area (Å²) in [4.78, 5) is 26.5. The molecule has 1 aliphatic heterocycles. The van der Waals surface area contributed by atoms with Gasteiger partial charge in [0, 0.05) is 24.2 Å². The summed E-state index contributed by atoms with van der Waals surface area (Å²) in [5.41, 5.74) is -0.285. The minimum absolute atomic E-state index is 0.00402. The highest BCUT2D eigenvalue weighted by Gasteiger charge is 2.30. The van der Waals surface area contributed by atoms with E-state index in [1.807, 2.05) is 0 Å². The number of aromatic hydroxyl groups is 1. The number of carbonyl (C=O) groups is 2. The lowest BCUT2D eigenvalue weighted by Crippen LogP contribution is -2.47. The second-order valence-corrected chi connectivity index (χ2v) is 8.13. The van der Waals surface area contributed by atoms with E-state index in [9.17, 15) is 27.9 Å². The Morgan fingerprint density at radius 1 is 1.10 bits per heavy atom. The molecule has 2 N–H and O–H groups in total. The molecule has 2 aromatic rings. The Kier molecular flexibility index (Phi) is 7.01. The number of nitrogens with one attached hydrogen (secondary N) is 1. The van der Waals surface area contributed by atoms with Crippen molar-refractivity contribution in [3.05, 3.63) is 63.1 Å². The van der Waals surface area contributed by atoms with Crippen LogP contribution in [-0.4, -0.2) is 41.0 Å². The molecule has 0 unspecified atom stereocenters. The third-order valence-corrected chi connectivity index (χ3v) is 5.60. The van der Waals surface area contributed by atoms with Crippen LogP contribution in [-0.2, 0) is 17.4 Å². The Hall–Kier alpha value is -2.45. The second-order valence-electron chi connectivity index (χ2n) is 7.28. The van der Waals surface area contributed by atoms with Gasteiger partial charge < -0.3 is 15.3 Å². The fourth-order valence-electron chi connectivity index (χ4n) is 3.37. The van der Waals surface area contributed by atoms with Gasteiger partial charge in [-0.05, 0) is 42.7 Å². The van der Waals surface area contributed by atoms with Crippen LogP contribution in [0.25, 0.3) is 0 Å². The molecule has 0 bridgehead atoms. The van der Waals surface area contributed by atoms with Crippen LogP contribution in [0, 0.1) is 0 Å². The Labute approximate surface area is 186 Å². The Bertz CT molecular complexity index is 973. The van der Waals surface area contributed by atoms with Crippen molar-refractivity contribution in [1.82, 2.24) is 10.2 Å². The van der Waals surface area contributed by atoms with E-state index < -0.39 is 17.6 Å². The van der Waals surface area contributed by atoms with E-state index in [-0.39, 0.29) is 39.7 Å². The number of likely N-dealkylation sites (tertiary alicyclic amines) is 1. The number of phenols is 1. The minimum Gasteiger partial charge on any atom is -0.506 e. The van der Waals surface area contributed by atoms with Gasteiger partial charge in [0.1, 0.15) is 5.75 Å². The topological polar surface area (TPSA) is 69.6 Å². The first-order chi connectivity index (χ1) is 14.5. The third-order valence-electron chi connectivity index (χ3n) is 5.09. The number of benzene rings is 2. The maximum absolute atomic E-state index is 12.6. The first kappa shape index (κ1) is 23.2. The summed E-state index contributed by atoms with van der Waals surface area (Å²) >= 11 is 11.7. The van der Waals surface area contributed by atoms with Crippen LogP contribution in [0.2, 0.25) is 10.0 Å². The minimum atomic E-state index is -4.41. The first-order valence-corrected chi connectivity index (χ1v) is 10.2. The number of alkyl halides is 3. The predicted molar refractivity (Wildman–Crippen MR) is 110 cm³/mol. The standard InChI is InChI=1S/C21H19Cl2F3N2O3/c22-14-10-16(19(30)17(23)11-14)20(31)27-15-5-7-28(8-6-15)18(29)9-12-1-3-13(4-2-12)21(24,25)26/h1-4,10-11,15,30H,5-9H2,(H,27,31). The lowest BCUT2D eigenvalue weighted by molar-refractivity contribution is -0.137. The molecule has 3 rings (SSSR count). The number of hydrogen-bond donors (Lipinski definition) is 2. The monoisotopic (exact) mass is 474 g/mol. The van der Waals surface area contributed by atoms with Gasteiger partial charge in [0.05, 0.1) is 22.6 Å². The molecule has 10 heteroatoms. The van der Waals surface area contributed by atoms with E-state index in [1.54, 1.807) is 4.90 Å². The molecule has 1 aliphatic rings. The average molecular weight is 475 g/mol. The molecule has 1 fully saturated rings. The fourth-order valence-corrected chi connectivity index (χ4v) is 3.87. The number of hydrogen-bond acceptors (Lipinski definition) is 3. The normalized spacial score (nSPS) is 15.1. The van der Waals surface area contributed by atoms with E-state index in [0.717, 1.165) is 12.1 Å². The summed E-state index contributed by atoms with van der Waals surface area (Å²) in [6.45, 7) is 0.791. The summed E-state index contributed by atoms with van der Waals surface area (Å²) in [5, 5.41) is 13.0. The van der Waals surface area contributed by atoms with E-state index in [1.165, 1.54) is 24.3 Å². The maximum atomic E-state index is 12.6. The van der Waals surface area contributed by atoms with Crippen molar-refractivity contribution >= 4 is 35.0 Å². The molecule has 1 saturated heterocycles. The molecule has 0 aliphatic carbocycles. The smallest absolute Gasteiger partial charge is 0.416 e. The second kappa shape index (κ2) is 9.36. The van der Waals surface area contributed by atoms with Crippen LogP contribution in [0.15, 0.2) is 36.4 Å². The van der Waals surface area contributed by atoms with Gasteiger partial charge in [-0.1, -0.05) is 35.3 Å². The number of amides is 2. The number of piperidine rings is 1. The summed E-state index contributed by atoms with van der Waals surface area (Å²) < 4.78 is 37.9. The number of rotatable bonds is 4. The highest BCUT2D eigenvalue weighted by Crippen LogP contribution is 2.31. The van der Waals surface area contributed by atoms with Gasteiger partial charge >= 0.3 is 6.18 Å². The van der Waals surface area contributed by atoms with Gasteiger partial charge in [-0.25, -0.2) is 0 Å². The predicted octanol–water partition coefficient (Wildman–Crippen LogP) is 4.68. The van der Waals surface area contributed by atoms with Gasteiger partial charge in [-0.15, -0.1) is 0 Å². The lowest BCUT2D eigenvalue weighted by Gasteiger charge is -2.32. The Morgan fingerprint density at radius 2 is 1.71 bits per heavy atom. The number of halogens is 5. The highest BCUT2D eigenvalue weighted by molar-refractivity contribution is 6.36. The summed E-state index contributed by atoms with van der Waals surface area (Å²) in [6.07, 6.45) is -3.41. The van der Waals surface area contributed by atoms with Crippen LogP contribution in [0.4, 0.5) is 13.2 Å². The molecule has 166 valence electrons. The molecule has 0 spiro atoms. The van der Waals surface area contributed by atoms with Gasteiger partial charge in [-0.2, -0.15) is 13.2 Å². The zero-order valence-electron chi connectivity index (χ0n) is 16.2. The molecular formula is C21H19Cl2F3N2O3. The zero-order chi connectivity index (χ0) is 22.8. The largest absolute Gasteiger partial charge is 0.506 e. The van der Waals surface area contributed by atoms with Crippen molar-refractivity contribution in [2.75, 3.05) is 13.1 Å². The fraction of sp³-hybridized carbons (Fsp3) is 0.333. The van der Waals surface area contributed by atoms with E-state index in [0.29, 0.717) is 31.5 Å². The molecule has 2 aromatic carbocycles. The summed E-state index contributed by atoms with van der Waals surface area (Å²) in [6, 6.07) is 6.97. The summed E-state index contributed by atoms with van der Waals surface area (Å²) in [5.74, 6) is -1.06. The number of phenolic OH excluding ortho intramolecular Hbond substituents is 1. The van der Waals surface area contributed by atoms with Crippen LogP contribution in [0.3, 0.4) is 0 Å². The van der Waals surface area contributed by atoms with E-state index in [2.05, 4.69) is 5.32 Å². The SMILES string of the molecule is O=C(NC1CCN(C(=O)Cc2ccc(C(F)(F)F)cc2)CC1)c1cc(Cl)cc(Cl)c1O. The zero-order valence-corrected chi connectivity index (χ0v) is 17.7. The van der Waals surface area contributed by atoms with E-state index in [4.69, 9.17) is 23.2 Å². The average Bonchev–Trinajstić information content (AvgIpc) is 2.70. The van der Waals surface area contributed by atoms with Crippen molar-refractivity contribution in [3.63, 3.8) is 0 Å². The first-order valence-electron chi connectivity index (χ1n) is 9.47. The molecular weight excluding hydrogens is 456 g/mol. The van der Waals surface area contributed by atoms with Gasteiger partial charge in [0.2, 0.25) is 5.91 Å². The van der Waals surface area contributed by atoms with Gasteiger partial charge in [-0.3, -0.25) is 9.59 Å². The van der Waals surface area contributed by atoms with E-state index >= 15 is 0 Å².